The highest BCUT2D eigenvalue weighted by molar-refractivity contribution is 6.74. The van der Waals surface area contributed by atoms with Crippen LogP contribution in [-0.4, -0.2) is 23.9 Å². The van der Waals surface area contributed by atoms with Crippen molar-refractivity contribution >= 4 is 18.3 Å². The van der Waals surface area contributed by atoms with Crippen LogP contribution in [0.15, 0.2) is 36.3 Å². The monoisotopic (exact) mass is 273 g/mol. The van der Waals surface area contributed by atoms with Gasteiger partial charge in [-0.05, 0) is 33.3 Å². The standard InChI is InChI=1S/C15H18BO4/c1-14(2)15(3,4)20-16(19-14)10-12(13(17)18-16)11-8-6-5-7-9-11/h5-10H,1-4H3/q-1. The number of rotatable bonds is 1. The molecule has 1 aromatic rings. The average Bonchev–Trinajstić information content (AvgIpc) is 2.73. The van der Waals surface area contributed by atoms with Crippen molar-refractivity contribution in [3.63, 3.8) is 0 Å². The van der Waals surface area contributed by atoms with Gasteiger partial charge in [0.2, 0.25) is 0 Å². The van der Waals surface area contributed by atoms with Gasteiger partial charge in [-0.2, -0.15) is 0 Å². The van der Waals surface area contributed by atoms with E-state index in [1.165, 1.54) is 0 Å². The molecule has 0 saturated carbocycles. The summed E-state index contributed by atoms with van der Waals surface area (Å²) in [4.78, 5) is 12.1. The Morgan fingerprint density at radius 1 is 0.950 bits per heavy atom. The maximum Gasteiger partial charge on any atom is 0.462 e. The summed E-state index contributed by atoms with van der Waals surface area (Å²) in [6, 6.07) is 9.40. The predicted octanol–water partition coefficient (Wildman–Crippen LogP) is 2.71. The molecule has 1 spiro atoms. The van der Waals surface area contributed by atoms with Crippen LogP contribution in [0, 0.1) is 0 Å². The molecule has 0 bridgehead atoms. The molecule has 2 heterocycles. The first-order chi connectivity index (χ1) is 9.25. The second kappa shape index (κ2) is 3.96. The number of hydrogen-bond acceptors (Lipinski definition) is 4. The molecule has 2 aliphatic rings. The first-order valence-electron chi connectivity index (χ1n) is 6.81. The fourth-order valence-corrected chi connectivity index (χ4v) is 2.60. The second-order valence-electron chi connectivity index (χ2n) is 6.30. The fraction of sp³-hybridized carbons (Fsp3) is 0.400. The average molecular weight is 273 g/mol. The van der Waals surface area contributed by atoms with Gasteiger partial charge in [0.05, 0.1) is 0 Å². The molecule has 106 valence electrons. The van der Waals surface area contributed by atoms with Crippen molar-refractivity contribution in [2.75, 3.05) is 0 Å². The van der Waals surface area contributed by atoms with Crippen LogP contribution in [-0.2, 0) is 18.8 Å². The van der Waals surface area contributed by atoms with Gasteiger partial charge in [-0.3, -0.25) is 4.79 Å². The summed E-state index contributed by atoms with van der Waals surface area (Å²) in [5, 5.41) is 0. The Kier molecular flexibility index (Phi) is 2.65. The molecule has 2 aliphatic heterocycles. The van der Waals surface area contributed by atoms with Gasteiger partial charge in [0.15, 0.2) is 0 Å². The quantitative estimate of drug-likeness (QED) is 0.738. The lowest BCUT2D eigenvalue weighted by Crippen LogP contribution is -2.41. The van der Waals surface area contributed by atoms with Gasteiger partial charge in [0.25, 0.3) is 5.97 Å². The molecule has 0 amide bonds. The molecule has 0 unspecified atom stereocenters. The van der Waals surface area contributed by atoms with Crippen molar-refractivity contribution in [1.82, 2.24) is 0 Å². The fourth-order valence-electron chi connectivity index (χ4n) is 2.60. The van der Waals surface area contributed by atoms with Gasteiger partial charge in [-0.25, -0.2) is 0 Å². The molecule has 3 rings (SSSR count). The number of hydrogen-bond donors (Lipinski definition) is 0. The van der Waals surface area contributed by atoms with Crippen molar-refractivity contribution in [2.45, 2.75) is 38.9 Å². The lowest BCUT2D eigenvalue weighted by Gasteiger charge is -2.36. The highest BCUT2D eigenvalue weighted by Gasteiger charge is 2.55. The topological polar surface area (TPSA) is 44.8 Å². The van der Waals surface area contributed by atoms with Gasteiger partial charge >= 0.3 is 6.75 Å². The molecule has 20 heavy (non-hydrogen) atoms. The first-order valence-corrected chi connectivity index (χ1v) is 6.81. The van der Waals surface area contributed by atoms with Crippen LogP contribution in [0.4, 0.5) is 0 Å². The number of carbonyl (C=O) groups is 1. The smallest absolute Gasteiger partial charge is 0.462 e. The predicted molar refractivity (Wildman–Crippen MR) is 76.6 cm³/mol. The van der Waals surface area contributed by atoms with Crippen LogP contribution in [0.25, 0.3) is 5.57 Å². The molecule has 5 heteroatoms. The van der Waals surface area contributed by atoms with Gasteiger partial charge in [0, 0.05) is 16.8 Å². The minimum absolute atomic E-state index is 0.398. The van der Waals surface area contributed by atoms with E-state index in [0.717, 1.165) is 5.56 Å². The van der Waals surface area contributed by atoms with Crippen molar-refractivity contribution in [3.05, 3.63) is 41.9 Å². The molecule has 0 atom stereocenters. The summed E-state index contributed by atoms with van der Waals surface area (Å²) in [6.45, 7) is 5.59. The molecule has 0 radical (unpaired) electrons. The Bertz CT molecular complexity index is 573. The van der Waals surface area contributed by atoms with Gasteiger partial charge in [-0.15, -0.1) is 5.98 Å². The third-order valence-electron chi connectivity index (χ3n) is 4.31. The number of benzene rings is 1. The van der Waals surface area contributed by atoms with E-state index >= 15 is 0 Å². The van der Waals surface area contributed by atoms with Crippen LogP contribution < -0.4 is 0 Å². The highest BCUT2D eigenvalue weighted by atomic mass is 16.8. The molecule has 0 aromatic heterocycles. The Morgan fingerprint density at radius 3 is 2.05 bits per heavy atom. The third kappa shape index (κ3) is 1.89. The zero-order chi connectivity index (χ0) is 14.6. The van der Waals surface area contributed by atoms with E-state index in [2.05, 4.69) is 0 Å². The third-order valence-corrected chi connectivity index (χ3v) is 4.31. The first kappa shape index (κ1) is 13.4. The van der Waals surface area contributed by atoms with Crippen molar-refractivity contribution in [1.29, 1.82) is 0 Å². The van der Waals surface area contributed by atoms with Crippen LogP contribution in [0.2, 0.25) is 0 Å². The second-order valence-corrected chi connectivity index (χ2v) is 6.30. The van der Waals surface area contributed by atoms with E-state index < -0.39 is 23.9 Å². The van der Waals surface area contributed by atoms with Gasteiger partial charge < -0.3 is 14.0 Å². The van der Waals surface area contributed by atoms with E-state index in [9.17, 15) is 4.79 Å². The Morgan fingerprint density at radius 2 is 1.50 bits per heavy atom. The molecule has 0 N–H and O–H groups in total. The Balaban J connectivity index is 2.00. The summed E-state index contributed by atoms with van der Waals surface area (Å²) in [6.07, 6.45) is 0. The molecular formula is C15H18BO4-. The molecular weight excluding hydrogens is 255 g/mol. The molecule has 1 aromatic carbocycles. The summed E-state index contributed by atoms with van der Waals surface area (Å²) in [5.41, 5.74) is 0.247. The van der Waals surface area contributed by atoms with E-state index in [-0.39, 0.29) is 0 Å². The summed E-state index contributed by atoms with van der Waals surface area (Å²) >= 11 is 0. The van der Waals surface area contributed by atoms with E-state index in [1.807, 2.05) is 58.0 Å². The minimum Gasteiger partial charge on any atom is -0.637 e. The maximum atomic E-state index is 12.1. The largest absolute Gasteiger partial charge is 0.637 e. The van der Waals surface area contributed by atoms with Crippen molar-refractivity contribution in [2.24, 2.45) is 0 Å². The lowest BCUT2D eigenvalue weighted by atomic mass is 9.78. The molecule has 0 aliphatic carbocycles. The number of carbonyl (C=O) groups excluding carboxylic acids is 1. The summed E-state index contributed by atoms with van der Waals surface area (Å²) < 4.78 is 17.3. The van der Waals surface area contributed by atoms with Crippen LogP contribution in [0.5, 0.6) is 0 Å². The Labute approximate surface area is 118 Å². The normalized spacial score (nSPS) is 25.6. The highest BCUT2D eigenvalue weighted by Crippen LogP contribution is 2.45. The zero-order valence-electron chi connectivity index (χ0n) is 12.2. The van der Waals surface area contributed by atoms with Gasteiger partial charge in [-0.1, -0.05) is 30.3 Å². The van der Waals surface area contributed by atoms with E-state index in [4.69, 9.17) is 14.0 Å². The van der Waals surface area contributed by atoms with Crippen molar-refractivity contribution in [3.8, 4) is 0 Å². The van der Waals surface area contributed by atoms with Crippen LogP contribution in [0.3, 0.4) is 0 Å². The van der Waals surface area contributed by atoms with E-state index in [1.54, 1.807) is 5.98 Å². The zero-order valence-corrected chi connectivity index (χ0v) is 12.2. The summed E-state index contributed by atoms with van der Waals surface area (Å²) in [7, 11) is 0. The van der Waals surface area contributed by atoms with Crippen molar-refractivity contribution < 1.29 is 18.8 Å². The summed E-state index contributed by atoms with van der Waals surface area (Å²) in [5.74, 6) is 1.29. The lowest BCUT2D eigenvalue weighted by molar-refractivity contribution is -0.130. The maximum absolute atomic E-state index is 12.1. The SMILES string of the molecule is CC1(C)O[B-]2(C=C(c3ccccc3)C(=O)O2)OC1(C)C. The van der Waals surface area contributed by atoms with Gasteiger partial charge in [0.1, 0.15) is 0 Å². The molecule has 1 saturated heterocycles. The van der Waals surface area contributed by atoms with Crippen LogP contribution in [0.1, 0.15) is 33.3 Å². The Hall–Kier alpha value is -1.59. The molecule has 1 fully saturated rings. The van der Waals surface area contributed by atoms with E-state index in [0.29, 0.717) is 5.57 Å². The minimum atomic E-state index is -2.15. The van der Waals surface area contributed by atoms with Crippen LogP contribution >= 0.6 is 0 Å². The molecule has 4 nitrogen and oxygen atoms in total.